The maximum Gasteiger partial charge on any atom is 0.310 e. The molecule has 0 spiro atoms. The Kier molecular flexibility index (Phi) is 3.70. The number of benzene rings is 1. The summed E-state index contributed by atoms with van der Waals surface area (Å²) in [5, 5.41) is 9.03. The molecule has 1 aliphatic heterocycles. The molecule has 0 bridgehead atoms. The third-order valence-electron chi connectivity index (χ3n) is 4.98. The van der Waals surface area contributed by atoms with Crippen LogP contribution in [0.15, 0.2) is 24.3 Å². The van der Waals surface area contributed by atoms with E-state index in [1.165, 1.54) is 6.42 Å². The molecule has 0 radical (unpaired) electrons. The Hall–Kier alpha value is -1.84. The number of carbonyl (C=O) groups excluding carboxylic acids is 1. The fourth-order valence-corrected chi connectivity index (χ4v) is 3.59. The highest BCUT2D eigenvalue weighted by Crippen LogP contribution is 2.39. The molecule has 112 valence electrons. The van der Waals surface area contributed by atoms with Crippen LogP contribution in [0.1, 0.15) is 44.1 Å². The Morgan fingerprint density at radius 2 is 1.90 bits per heavy atom. The van der Waals surface area contributed by atoms with Crippen molar-refractivity contribution < 1.29 is 14.7 Å². The second-order valence-electron chi connectivity index (χ2n) is 6.25. The first-order chi connectivity index (χ1) is 10.1. The van der Waals surface area contributed by atoms with Gasteiger partial charge < -0.3 is 10.0 Å². The Balaban J connectivity index is 1.78. The van der Waals surface area contributed by atoms with Crippen LogP contribution in [0.5, 0.6) is 0 Å². The largest absolute Gasteiger partial charge is 0.481 e. The Morgan fingerprint density at radius 3 is 2.52 bits per heavy atom. The van der Waals surface area contributed by atoms with Gasteiger partial charge in [-0.2, -0.15) is 0 Å². The highest BCUT2D eigenvalue weighted by Gasteiger charge is 2.41. The molecule has 4 nitrogen and oxygen atoms in total. The number of amides is 1. The highest BCUT2D eigenvalue weighted by molar-refractivity contribution is 5.97. The molecule has 1 heterocycles. The predicted molar refractivity (Wildman–Crippen MR) is 80.3 cm³/mol. The molecule has 21 heavy (non-hydrogen) atoms. The van der Waals surface area contributed by atoms with Gasteiger partial charge in [0.1, 0.15) is 0 Å². The van der Waals surface area contributed by atoms with E-state index in [0.717, 1.165) is 37.1 Å². The number of fused-ring (bicyclic) bond motifs is 1. The average Bonchev–Trinajstić information content (AvgIpc) is 2.84. The third kappa shape index (κ3) is 2.55. The van der Waals surface area contributed by atoms with E-state index >= 15 is 0 Å². The molecule has 3 rings (SSSR count). The average molecular weight is 287 g/mol. The fourth-order valence-electron chi connectivity index (χ4n) is 3.59. The van der Waals surface area contributed by atoms with Gasteiger partial charge in [-0.25, -0.2) is 0 Å². The van der Waals surface area contributed by atoms with E-state index in [1.54, 1.807) is 6.92 Å². The van der Waals surface area contributed by atoms with Crippen molar-refractivity contribution in [2.24, 2.45) is 11.8 Å². The maximum atomic E-state index is 12.5. The Bertz CT molecular complexity index is 552. The summed E-state index contributed by atoms with van der Waals surface area (Å²) in [4.78, 5) is 25.4. The van der Waals surface area contributed by atoms with Crippen molar-refractivity contribution >= 4 is 17.6 Å². The van der Waals surface area contributed by atoms with Crippen molar-refractivity contribution in [1.29, 1.82) is 0 Å². The lowest BCUT2D eigenvalue weighted by molar-refractivity contribution is -0.138. The Morgan fingerprint density at radius 1 is 1.24 bits per heavy atom. The maximum absolute atomic E-state index is 12.5. The van der Waals surface area contributed by atoms with Crippen molar-refractivity contribution in [3.63, 3.8) is 0 Å². The second kappa shape index (κ2) is 5.51. The molecular formula is C17H21NO3. The summed E-state index contributed by atoms with van der Waals surface area (Å²) in [6.45, 7) is 2.49. The number of rotatable bonds is 3. The van der Waals surface area contributed by atoms with Crippen LogP contribution in [0.4, 0.5) is 5.69 Å². The standard InChI is InChI=1S/C17H21NO3/c1-11(17(20)21)12-6-8-14(9-7-12)18-10-13-4-2-3-5-15(13)16(18)19/h6-9,11,13,15H,2-5,10H2,1H3,(H,20,21). The Labute approximate surface area is 124 Å². The molecule has 3 atom stereocenters. The number of aliphatic carboxylic acids is 1. The van der Waals surface area contributed by atoms with Gasteiger partial charge in [0.2, 0.25) is 5.91 Å². The zero-order valence-electron chi connectivity index (χ0n) is 12.3. The number of hydrogen-bond acceptors (Lipinski definition) is 2. The van der Waals surface area contributed by atoms with Crippen molar-refractivity contribution in [2.45, 2.75) is 38.5 Å². The summed E-state index contributed by atoms with van der Waals surface area (Å²) in [5.74, 6) is -0.388. The lowest BCUT2D eigenvalue weighted by Gasteiger charge is -2.21. The molecule has 1 aromatic carbocycles. The number of carbonyl (C=O) groups is 2. The van der Waals surface area contributed by atoms with Gasteiger partial charge in [0.15, 0.2) is 0 Å². The zero-order chi connectivity index (χ0) is 15.0. The molecule has 2 fully saturated rings. The molecular weight excluding hydrogens is 266 g/mol. The normalized spacial score (nSPS) is 26.5. The van der Waals surface area contributed by atoms with Crippen molar-refractivity contribution in [1.82, 2.24) is 0 Å². The van der Waals surface area contributed by atoms with Gasteiger partial charge in [-0.3, -0.25) is 9.59 Å². The summed E-state index contributed by atoms with van der Waals surface area (Å²) in [6.07, 6.45) is 4.57. The van der Waals surface area contributed by atoms with Gasteiger partial charge in [0, 0.05) is 18.2 Å². The van der Waals surface area contributed by atoms with Crippen molar-refractivity contribution in [3.8, 4) is 0 Å². The molecule has 2 aliphatic rings. The van der Waals surface area contributed by atoms with E-state index in [4.69, 9.17) is 5.11 Å². The van der Waals surface area contributed by atoms with Gasteiger partial charge in [0.05, 0.1) is 5.92 Å². The topological polar surface area (TPSA) is 57.6 Å². The number of hydrogen-bond donors (Lipinski definition) is 1. The molecule has 3 unspecified atom stereocenters. The van der Waals surface area contributed by atoms with Crippen LogP contribution in [0, 0.1) is 11.8 Å². The summed E-state index contributed by atoms with van der Waals surface area (Å²) >= 11 is 0. The number of carboxylic acid groups (broad SMARTS) is 1. The quantitative estimate of drug-likeness (QED) is 0.929. The number of anilines is 1. The highest BCUT2D eigenvalue weighted by atomic mass is 16.4. The van der Waals surface area contributed by atoms with Crippen LogP contribution >= 0.6 is 0 Å². The molecule has 1 N–H and O–H groups in total. The van der Waals surface area contributed by atoms with Crippen LogP contribution < -0.4 is 4.90 Å². The minimum Gasteiger partial charge on any atom is -0.481 e. The minimum absolute atomic E-state index is 0.205. The van der Waals surface area contributed by atoms with E-state index < -0.39 is 11.9 Å². The van der Waals surface area contributed by atoms with E-state index in [2.05, 4.69) is 0 Å². The molecule has 1 saturated carbocycles. The lowest BCUT2D eigenvalue weighted by Crippen LogP contribution is -2.27. The van der Waals surface area contributed by atoms with Gasteiger partial charge in [0.25, 0.3) is 0 Å². The van der Waals surface area contributed by atoms with Crippen molar-refractivity contribution in [2.75, 3.05) is 11.4 Å². The fraction of sp³-hybridized carbons (Fsp3) is 0.529. The lowest BCUT2D eigenvalue weighted by atomic mass is 9.81. The van der Waals surface area contributed by atoms with Gasteiger partial charge in [-0.05, 0) is 43.4 Å². The molecule has 1 saturated heterocycles. The van der Waals surface area contributed by atoms with Crippen LogP contribution in [0.3, 0.4) is 0 Å². The zero-order valence-corrected chi connectivity index (χ0v) is 12.3. The minimum atomic E-state index is -0.828. The predicted octanol–water partition coefficient (Wildman–Crippen LogP) is 3.03. The summed E-state index contributed by atoms with van der Waals surface area (Å²) < 4.78 is 0. The summed E-state index contributed by atoms with van der Waals surface area (Å²) in [7, 11) is 0. The van der Waals surface area contributed by atoms with Gasteiger partial charge in [-0.15, -0.1) is 0 Å². The van der Waals surface area contributed by atoms with E-state index in [-0.39, 0.29) is 11.8 Å². The first-order valence-corrected chi connectivity index (χ1v) is 7.72. The molecule has 1 aromatic rings. The van der Waals surface area contributed by atoms with E-state index in [1.807, 2.05) is 29.2 Å². The summed E-state index contributed by atoms with van der Waals surface area (Å²) in [5.41, 5.74) is 1.67. The molecule has 1 aliphatic carbocycles. The monoisotopic (exact) mass is 287 g/mol. The van der Waals surface area contributed by atoms with Gasteiger partial charge in [-0.1, -0.05) is 25.0 Å². The molecule has 0 aromatic heterocycles. The van der Waals surface area contributed by atoms with Crippen LogP contribution in [-0.4, -0.2) is 23.5 Å². The van der Waals surface area contributed by atoms with Crippen LogP contribution in [0.2, 0.25) is 0 Å². The van der Waals surface area contributed by atoms with Gasteiger partial charge >= 0.3 is 5.97 Å². The first-order valence-electron chi connectivity index (χ1n) is 7.72. The number of carboxylic acids is 1. The number of nitrogens with zero attached hydrogens (tertiary/aromatic N) is 1. The van der Waals surface area contributed by atoms with E-state index in [0.29, 0.717) is 5.92 Å². The summed E-state index contributed by atoms with van der Waals surface area (Å²) in [6, 6.07) is 7.40. The van der Waals surface area contributed by atoms with Crippen LogP contribution in [0.25, 0.3) is 0 Å². The van der Waals surface area contributed by atoms with E-state index in [9.17, 15) is 9.59 Å². The third-order valence-corrected chi connectivity index (χ3v) is 4.98. The second-order valence-corrected chi connectivity index (χ2v) is 6.25. The first kappa shape index (κ1) is 14.1. The van der Waals surface area contributed by atoms with Crippen LogP contribution in [-0.2, 0) is 9.59 Å². The SMILES string of the molecule is CC(C(=O)O)c1ccc(N2CC3CCCCC3C2=O)cc1. The smallest absolute Gasteiger partial charge is 0.310 e. The molecule has 4 heteroatoms. The molecule has 1 amide bonds. The van der Waals surface area contributed by atoms with Crippen molar-refractivity contribution in [3.05, 3.63) is 29.8 Å².